The van der Waals surface area contributed by atoms with Crippen molar-refractivity contribution < 1.29 is 18.4 Å². The summed E-state index contributed by atoms with van der Waals surface area (Å²) in [4.78, 5) is 13.7. The van der Waals surface area contributed by atoms with Crippen LogP contribution in [-0.2, 0) is 34.2 Å². The van der Waals surface area contributed by atoms with Gasteiger partial charge in [0.05, 0.1) is 29.0 Å². The van der Waals surface area contributed by atoms with E-state index in [2.05, 4.69) is 25.2 Å². The van der Waals surface area contributed by atoms with Gasteiger partial charge in [-0.1, -0.05) is 47.7 Å². The Balaban J connectivity index is 1.25. The first-order valence-corrected chi connectivity index (χ1v) is 13.2. The van der Waals surface area contributed by atoms with Crippen LogP contribution in [0.1, 0.15) is 11.3 Å². The molecule has 1 atom stereocenters. The van der Waals surface area contributed by atoms with E-state index in [1.54, 1.807) is 52.1 Å². The molecule has 0 aliphatic heterocycles. The Hall–Kier alpha value is -4.46. The number of fused-ring (bicyclic) bond motifs is 1. The number of amides is 1. The summed E-state index contributed by atoms with van der Waals surface area (Å²) >= 11 is 0. The van der Waals surface area contributed by atoms with E-state index < -0.39 is 22.0 Å². The third-order valence-corrected chi connectivity index (χ3v) is 7.34. The molecule has 0 spiro atoms. The molecule has 0 radical (unpaired) electrons. The minimum absolute atomic E-state index is 0.0396. The largest absolute Gasteiger partial charge is 0.289 e. The maximum Gasteiger partial charge on any atom is 0.261 e. The summed E-state index contributed by atoms with van der Waals surface area (Å²) in [5.74, 6) is -0.859. The Morgan fingerprint density at radius 2 is 1.58 bits per heavy atom. The second-order valence-electron chi connectivity index (χ2n) is 8.52. The maximum absolute atomic E-state index is 13.0. The van der Waals surface area contributed by atoms with Gasteiger partial charge in [0, 0.05) is 6.42 Å². The number of nitrogens with zero attached hydrogens (tertiary/aromatic N) is 6. The lowest BCUT2D eigenvalue weighted by atomic mass is 10.1. The molecule has 0 unspecified atom stereocenters. The lowest BCUT2D eigenvalue weighted by Crippen LogP contribution is -2.47. The van der Waals surface area contributed by atoms with Crippen LogP contribution in [0.15, 0.2) is 90.0 Å². The summed E-state index contributed by atoms with van der Waals surface area (Å²) in [5, 5.41) is 26.3. The fourth-order valence-corrected chi connectivity index (χ4v) is 5.10. The number of sulfonamides is 1. The SMILES string of the molecule is O=C(NO)[C@@H](Cc1ccccc1)NS(=O)(=O)c1ccc(-n2cc(CCn3nc4ccccc4n3)nn2)cc1. The molecule has 0 aliphatic rings. The van der Waals surface area contributed by atoms with Crippen LogP contribution in [0, 0.1) is 0 Å². The van der Waals surface area contributed by atoms with Gasteiger partial charge in [0.1, 0.15) is 17.1 Å². The van der Waals surface area contributed by atoms with Gasteiger partial charge >= 0.3 is 0 Å². The van der Waals surface area contributed by atoms with Crippen LogP contribution in [0.3, 0.4) is 0 Å². The second-order valence-corrected chi connectivity index (χ2v) is 10.2. The number of aryl methyl sites for hydroxylation is 2. The predicted octanol–water partition coefficient (Wildman–Crippen LogP) is 1.65. The Kier molecular flexibility index (Phi) is 7.22. The lowest BCUT2D eigenvalue weighted by Gasteiger charge is -2.17. The summed E-state index contributed by atoms with van der Waals surface area (Å²) in [6.45, 7) is 0.530. The first-order chi connectivity index (χ1) is 18.4. The molecule has 3 aromatic carbocycles. The van der Waals surface area contributed by atoms with E-state index in [-0.39, 0.29) is 11.3 Å². The van der Waals surface area contributed by atoms with Crippen molar-refractivity contribution in [2.45, 2.75) is 30.3 Å². The Labute approximate surface area is 217 Å². The first-order valence-electron chi connectivity index (χ1n) is 11.7. The average Bonchev–Trinajstić information content (AvgIpc) is 3.58. The van der Waals surface area contributed by atoms with E-state index in [0.29, 0.717) is 18.7 Å². The van der Waals surface area contributed by atoms with Gasteiger partial charge in [0.2, 0.25) is 10.0 Å². The summed E-state index contributed by atoms with van der Waals surface area (Å²) in [5.41, 5.74) is 5.24. The van der Waals surface area contributed by atoms with Crippen molar-refractivity contribution in [2.75, 3.05) is 0 Å². The van der Waals surface area contributed by atoms with Gasteiger partial charge in [-0.15, -0.1) is 5.10 Å². The number of rotatable bonds is 10. The zero-order valence-electron chi connectivity index (χ0n) is 20.0. The van der Waals surface area contributed by atoms with Crippen LogP contribution in [0.2, 0.25) is 0 Å². The molecule has 0 aliphatic carbocycles. The number of hydrogen-bond donors (Lipinski definition) is 3. The van der Waals surface area contributed by atoms with Crippen molar-refractivity contribution >= 4 is 27.0 Å². The number of nitrogens with one attached hydrogen (secondary N) is 2. The normalized spacial score (nSPS) is 12.4. The highest BCUT2D eigenvalue weighted by molar-refractivity contribution is 7.89. The summed E-state index contributed by atoms with van der Waals surface area (Å²) in [6, 6.07) is 21.3. The molecule has 2 aromatic heterocycles. The van der Waals surface area contributed by atoms with Crippen molar-refractivity contribution in [3.63, 3.8) is 0 Å². The molecule has 0 saturated heterocycles. The number of hydroxylamine groups is 1. The van der Waals surface area contributed by atoms with E-state index in [1.807, 2.05) is 30.3 Å². The van der Waals surface area contributed by atoms with Crippen molar-refractivity contribution in [1.82, 2.24) is 40.2 Å². The van der Waals surface area contributed by atoms with Crippen LogP contribution in [0.4, 0.5) is 0 Å². The molecule has 5 rings (SSSR count). The molecule has 0 bridgehead atoms. The van der Waals surface area contributed by atoms with Gasteiger partial charge in [-0.25, -0.2) is 18.6 Å². The Morgan fingerprint density at radius 3 is 2.24 bits per heavy atom. The highest BCUT2D eigenvalue weighted by Gasteiger charge is 2.26. The maximum atomic E-state index is 13.0. The molecular formula is C25H24N8O4S. The van der Waals surface area contributed by atoms with Crippen LogP contribution < -0.4 is 10.2 Å². The molecule has 194 valence electrons. The predicted molar refractivity (Wildman–Crippen MR) is 137 cm³/mol. The molecule has 0 fully saturated rings. The number of hydrogen-bond acceptors (Lipinski definition) is 8. The molecule has 2 heterocycles. The molecule has 12 nitrogen and oxygen atoms in total. The van der Waals surface area contributed by atoms with Gasteiger partial charge in [0.25, 0.3) is 5.91 Å². The van der Waals surface area contributed by atoms with E-state index in [9.17, 15) is 13.2 Å². The topological polar surface area (TPSA) is 157 Å². The number of benzene rings is 3. The second kappa shape index (κ2) is 10.9. The van der Waals surface area contributed by atoms with Crippen LogP contribution in [-0.4, -0.2) is 55.6 Å². The number of aromatic nitrogens is 6. The van der Waals surface area contributed by atoms with Crippen LogP contribution >= 0.6 is 0 Å². The Bertz CT molecular complexity index is 1620. The van der Waals surface area contributed by atoms with E-state index in [1.165, 1.54) is 17.6 Å². The highest BCUT2D eigenvalue weighted by Crippen LogP contribution is 2.15. The number of carbonyl (C=O) groups excluding carboxylic acids is 1. The quantitative estimate of drug-likeness (QED) is 0.181. The summed E-state index contributed by atoms with van der Waals surface area (Å²) in [7, 11) is -4.06. The zero-order valence-corrected chi connectivity index (χ0v) is 20.9. The highest BCUT2D eigenvalue weighted by atomic mass is 32.2. The fraction of sp³-hybridized carbons (Fsp3) is 0.160. The number of carbonyl (C=O) groups is 1. The molecule has 38 heavy (non-hydrogen) atoms. The minimum Gasteiger partial charge on any atom is -0.289 e. The van der Waals surface area contributed by atoms with Crippen molar-refractivity contribution in [3.8, 4) is 5.69 Å². The van der Waals surface area contributed by atoms with E-state index >= 15 is 0 Å². The third-order valence-electron chi connectivity index (χ3n) is 5.86. The molecule has 3 N–H and O–H groups in total. The third kappa shape index (κ3) is 5.75. The molecule has 5 aromatic rings. The fourth-order valence-electron chi connectivity index (χ4n) is 3.91. The van der Waals surface area contributed by atoms with E-state index in [4.69, 9.17) is 5.21 Å². The van der Waals surface area contributed by atoms with Gasteiger partial charge in [-0.3, -0.25) is 10.0 Å². The van der Waals surface area contributed by atoms with Crippen molar-refractivity contribution in [1.29, 1.82) is 0 Å². The lowest BCUT2D eigenvalue weighted by molar-refractivity contribution is -0.130. The van der Waals surface area contributed by atoms with Gasteiger partial charge < -0.3 is 0 Å². The molecule has 0 saturated carbocycles. The monoisotopic (exact) mass is 532 g/mol. The smallest absolute Gasteiger partial charge is 0.261 e. The van der Waals surface area contributed by atoms with E-state index in [0.717, 1.165) is 22.3 Å². The van der Waals surface area contributed by atoms with Crippen molar-refractivity contribution in [3.05, 3.63) is 96.3 Å². The molecule has 13 heteroatoms. The van der Waals surface area contributed by atoms with Crippen molar-refractivity contribution in [2.24, 2.45) is 0 Å². The van der Waals surface area contributed by atoms with Crippen LogP contribution in [0.5, 0.6) is 0 Å². The Morgan fingerprint density at radius 1 is 0.921 bits per heavy atom. The summed E-state index contributed by atoms with van der Waals surface area (Å²) in [6.07, 6.45) is 2.38. The minimum atomic E-state index is -4.06. The molecule has 1 amide bonds. The molecular weight excluding hydrogens is 508 g/mol. The summed E-state index contributed by atoms with van der Waals surface area (Å²) < 4.78 is 29.8. The standard InChI is InChI=1S/C25H24N8O4S/c34-25(29-35)24(16-18-6-2-1-3-7-18)30-38(36,37)21-12-10-20(11-13-21)32-17-19(26-31-32)14-15-33-27-22-8-4-5-9-23(22)28-33/h1-13,17,24,30,35H,14-16H2,(H,29,34)/t24-/m1/s1. The van der Waals surface area contributed by atoms with Crippen LogP contribution in [0.25, 0.3) is 16.7 Å². The van der Waals surface area contributed by atoms with Gasteiger partial charge in [0.15, 0.2) is 0 Å². The van der Waals surface area contributed by atoms with Gasteiger partial charge in [-0.2, -0.15) is 19.7 Å². The van der Waals surface area contributed by atoms with Gasteiger partial charge in [-0.05, 0) is 48.4 Å². The average molecular weight is 533 g/mol. The first kappa shape index (κ1) is 25.2. The zero-order chi connectivity index (χ0) is 26.5.